The van der Waals surface area contributed by atoms with Gasteiger partial charge in [0.15, 0.2) is 11.5 Å². The highest BCUT2D eigenvalue weighted by molar-refractivity contribution is 6.03. The maximum absolute atomic E-state index is 13.6. The van der Waals surface area contributed by atoms with Gasteiger partial charge in [-0.25, -0.2) is 0 Å². The van der Waals surface area contributed by atoms with E-state index in [1.807, 2.05) is 62.5 Å². The summed E-state index contributed by atoms with van der Waals surface area (Å²) in [5.74, 6) is 2.96. The summed E-state index contributed by atoms with van der Waals surface area (Å²) in [6.45, 7) is 9.06. The Morgan fingerprint density at radius 3 is 2.02 bits per heavy atom. The van der Waals surface area contributed by atoms with Gasteiger partial charge in [-0.1, -0.05) is 36.4 Å². The lowest BCUT2D eigenvalue weighted by molar-refractivity contribution is -0.123. The Morgan fingerprint density at radius 2 is 1.37 bits per heavy atom. The van der Waals surface area contributed by atoms with Crippen LogP contribution in [0.25, 0.3) is 0 Å². The van der Waals surface area contributed by atoms with Crippen molar-refractivity contribution in [1.29, 1.82) is 0 Å². The van der Waals surface area contributed by atoms with Crippen molar-refractivity contribution in [3.8, 4) is 23.0 Å². The molecule has 46 heavy (non-hydrogen) atoms. The highest BCUT2D eigenvalue weighted by Crippen LogP contribution is 2.42. The number of anilines is 1. The molecule has 10 heteroatoms. The molecule has 0 N–H and O–H groups in total. The van der Waals surface area contributed by atoms with Gasteiger partial charge in [-0.15, -0.1) is 24.8 Å². The van der Waals surface area contributed by atoms with Gasteiger partial charge in [0.1, 0.15) is 5.75 Å². The Morgan fingerprint density at radius 1 is 0.761 bits per heavy atom. The number of likely N-dealkylation sites (N-methyl/N-ethyl adjacent to an activating group) is 1. The van der Waals surface area contributed by atoms with Crippen LogP contribution in [0.2, 0.25) is 0 Å². The van der Waals surface area contributed by atoms with Crippen LogP contribution in [0.3, 0.4) is 0 Å². The molecule has 0 aromatic heterocycles. The maximum Gasteiger partial charge on any atom is 0.237 e. The number of rotatable bonds is 13. The number of carbonyl (C=O) groups excluding carboxylic acids is 1. The second-order valence-electron chi connectivity index (χ2n) is 12.0. The van der Waals surface area contributed by atoms with Crippen LogP contribution >= 0.6 is 24.8 Å². The van der Waals surface area contributed by atoms with Crippen molar-refractivity contribution in [2.45, 2.75) is 38.0 Å². The molecule has 2 aliphatic heterocycles. The molecule has 3 aromatic rings. The van der Waals surface area contributed by atoms with E-state index in [0.717, 1.165) is 75.5 Å². The largest absolute Gasteiger partial charge is 0.493 e. The number of fused-ring (bicyclic) bond motifs is 1. The topological polar surface area (TPSA) is 63.7 Å². The third-order valence-electron chi connectivity index (χ3n) is 9.19. The zero-order valence-electron chi connectivity index (χ0n) is 27.8. The van der Waals surface area contributed by atoms with Crippen LogP contribution in [0.4, 0.5) is 5.69 Å². The molecule has 1 amide bonds. The number of hydrogen-bond donors (Lipinski definition) is 0. The average Bonchev–Trinajstić information content (AvgIpc) is 3.06. The number of nitrogens with zero attached hydrogens (tertiary/aromatic N) is 3. The Kier molecular flexibility index (Phi) is 13.9. The van der Waals surface area contributed by atoms with Gasteiger partial charge in [0, 0.05) is 51.0 Å². The molecule has 8 nitrogen and oxygen atoms in total. The maximum atomic E-state index is 13.6. The Bertz CT molecular complexity index is 1410. The van der Waals surface area contributed by atoms with Crippen molar-refractivity contribution in [3.05, 3.63) is 77.4 Å². The number of halogens is 2. The van der Waals surface area contributed by atoms with Gasteiger partial charge >= 0.3 is 0 Å². The second kappa shape index (κ2) is 17.1. The van der Waals surface area contributed by atoms with E-state index < -0.39 is 5.41 Å². The van der Waals surface area contributed by atoms with E-state index >= 15 is 0 Å². The van der Waals surface area contributed by atoms with Crippen molar-refractivity contribution < 1.29 is 23.7 Å². The molecule has 3 aromatic carbocycles. The fourth-order valence-corrected chi connectivity index (χ4v) is 6.61. The van der Waals surface area contributed by atoms with E-state index in [4.69, 9.17) is 18.9 Å². The monoisotopic (exact) mass is 673 g/mol. The van der Waals surface area contributed by atoms with Gasteiger partial charge in [0.25, 0.3) is 0 Å². The van der Waals surface area contributed by atoms with E-state index in [1.54, 1.807) is 26.2 Å². The number of unbranched alkanes of at least 4 members (excludes halogenated alkanes) is 1. The lowest BCUT2D eigenvalue weighted by Gasteiger charge is -2.39. The summed E-state index contributed by atoms with van der Waals surface area (Å²) < 4.78 is 22.8. The summed E-state index contributed by atoms with van der Waals surface area (Å²) in [4.78, 5) is 20.5. The number of piperazine rings is 1. The quantitative estimate of drug-likeness (QED) is 0.205. The van der Waals surface area contributed by atoms with Crippen molar-refractivity contribution in [2.24, 2.45) is 0 Å². The van der Waals surface area contributed by atoms with Crippen LogP contribution in [0.15, 0.2) is 60.7 Å². The molecule has 2 aliphatic rings. The molecule has 1 atom stereocenters. The number of para-hydroxylation sites is 2. The Balaban J connectivity index is 0.00000288. The van der Waals surface area contributed by atoms with Gasteiger partial charge in [-0.3, -0.25) is 4.79 Å². The molecule has 252 valence electrons. The Labute approximate surface area is 286 Å². The fourth-order valence-electron chi connectivity index (χ4n) is 6.61. The number of methoxy groups -OCH3 is 3. The minimum absolute atomic E-state index is 0. The van der Waals surface area contributed by atoms with Crippen molar-refractivity contribution in [2.75, 3.05) is 79.2 Å². The Hall–Kier alpha value is -3.17. The lowest BCUT2D eigenvalue weighted by Crippen LogP contribution is -2.48. The van der Waals surface area contributed by atoms with Gasteiger partial charge in [-0.05, 0) is 74.5 Å². The number of carbonyl (C=O) groups is 1. The minimum atomic E-state index is -0.662. The van der Waals surface area contributed by atoms with Gasteiger partial charge < -0.3 is 33.6 Å². The van der Waals surface area contributed by atoms with E-state index in [9.17, 15) is 4.79 Å². The first kappa shape index (κ1) is 37.3. The number of hydrogen-bond acceptors (Lipinski definition) is 7. The van der Waals surface area contributed by atoms with Crippen molar-refractivity contribution in [1.82, 2.24) is 9.80 Å². The third-order valence-corrected chi connectivity index (χ3v) is 9.19. The molecule has 0 aliphatic carbocycles. The van der Waals surface area contributed by atoms with Crippen LogP contribution in [0.5, 0.6) is 23.0 Å². The summed E-state index contributed by atoms with van der Waals surface area (Å²) in [6, 6.07) is 20.3. The smallest absolute Gasteiger partial charge is 0.237 e. The normalized spacial score (nSPS) is 18.2. The van der Waals surface area contributed by atoms with Crippen LogP contribution in [0, 0.1) is 0 Å². The molecule has 0 spiro atoms. The van der Waals surface area contributed by atoms with Crippen molar-refractivity contribution in [3.63, 3.8) is 0 Å². The fraction of sp³-hybridized carbons (Fsp3) is 0.472. The third kappa shape index (κ3) is 8.21. The average molecular weight is 675 g/mol. The van der Waals surface area contributed by atoms with E-state index in [0.29, 0.717) is 30.3 Å². The zero-order valence-corrected chi connectivity index (χ0v) is 29.4. The van der Waals surface area contributed by atoms with E-state index in [1.165, 1.54) is 11.1 Å². The lowest BCUT2D eigenvalue weighted by atomic mass is 9.73. The first-order valence-corrected chi connectivity index (χ1v) is 15.7. The van der Waals surface area contributed by atoms with Crippen molar-refractivity contribution >= 4 is 36.4 Å². The summed E-state index contributed by atoms with van der Waals surface area (Å²) >= 11 is 0. The predicted molar refractivity (Wildman–Crippen MR) is 189 cm³/mol. The highest BCUT2D eigenvalue weighted by atomic mass is 35.5. The summed E-state index contributed by atoms with van der Waals surface area (Å²) in [6.07, 6.45) is 3.66. The number of benzene rings is 3. The number of ether oxygens (including phenoxy) is 4. The van der Waals surface area contributed by atoms with E-state index in [-0.39, 0.29) is 30.7 Å². The standard InChI is InChI=1S/C36H47N3O5.2ClH/c1-36(26-28-12-6-8-14-30(28)37(2)35(36)40)29-13-7-9-15-31(29)44-23-11-10-17-38-19-21-39(22-20-38)18-16-27-24-32(41-3)34(43-5)33(25-27)42-4;;/h6-9,12-15,24-25H,10-11,16-23,26H2,1-5H3;2*1H. The second-order valence-corrected chi connectivity index (χ2v) is 12.0. The molecule has 1 unspecified atom stereocenters. The first-order chi connectivity index (χ1) is 21.4. The summed E-state index contributed by atoms with van der Waals surface area (Å²) in [5.41, 5.74) is 3.67. The molecule has 0 radical (unpaired) electrons. The van der Waals surface area contributed by atoms with E-state index in [2.05, 4.69) is 21.9 Å². The molecule has 5 rings (SSSR count). The SMILES string of the molecule is COc1cc(CCN2CCN(CCCCOc3ccccc3C3(C)Cc4ccccc4N(C)C3=O)CC2)cc(OC)c1OC.Cl.Cl. The molecule has 0 saturated carbocycles. The van der Waals surface area contributed by atoms with Crippen LogP contribution < -0.4 is 23.8 Å². The molecule has 0 bridgehead atoms. The molecular weight excluding hydrogens is 625 g/mol. The zero-order chi connectivity index (χ0) is 31.1. The summed E-state index contributed by atoms with van der Waals surface area (Å²) in [5, 5.41) is 0. The predicted octanol–water partition coefficient (Wildman–Crippen LogP) is 6.05. The van der Waals surface area contributed by atoms with Crippen LogP contribution in [0.1, 0.15) is 36.5 Å². The molecular formula is C36H49Cl2N3O5. The van der Waals surface area contributed by atoms with Gasteiger partial charge in [-0.2, -0.15) is 0 Å². The van der Waals surface area contributed by atoms with Gasteiger partial charge in [0.05, 0.1) is 33.4 Å². The van der Waals surface area contributed by atoms with Crippen LogP contribution in [-0.4, -0.2) is 90.0 Å². The first-order valence-electron chi connectivity index (χ1n) is 15.7. The van der Waals surface area contributed by atoms with Crippen LogP contribution in [-0.2, 0) is 23.1 Å². The minimum Gasteiger partial charge on any atom is -0.493 e. The summed E-state index contributed by atoms with van der Waals surface area (Å²) in [7, 11) is 6.82. The molecule has 2 heterocycles. The molecule has 1 fully saturated rings. The molecule has 1 saturated heterocycles. The van der Waals surface area contributed by atoms with Gasteiger partial charge in [0.2, 0.25) is 11.7 Å². The highest BCUT2D eigenvalue weighted by Gasteiger charge is 2.44. The number of amides is 1.